The average Bonchev–Trinajstić information content (AvgIpc) is 3.46. The zero-order valence-corrected chi connectivity index (χ0v) is 14.6. The molecule has 5 heteroatoms. The van der Waals surface area contributed by atoms with Gasteiger partial charge in [0.15, 0.2) is 0 Å². The Kier molecular flexibility index (Phi) is 6.10. The SMILES string of the molecule is COCCN1CCN(C(=O)NC(Cc2ccccc2)C2CC2)CC1. The Labute approximate surface area is 145 Å². The molecule has 1 N–H and O–H groups in total. The minimum absolute atomic E-state index is 0.106. The Bertz CT molecular complexity index is 511. The lowest BCUT2D eigenvalue weighted by Crippen LogP contribution is -2.54. The Hall–Kier alpha value is -1.59. The highest BCUT2D eigenvalue weighted by molar-refractivity contribution is 5.74. The van der Waals surface area contributed by atoms with Crippen molar-refractivity contribution in [1.29, 1.82) is 0 Å². The average molecular weight is 331 g/mol. The van der Waals surface area contributed by atoms with E-state index in [-0.39, 0.29) is 12.1 Å². The van der Waals surface area contributed by atoms with Crippen molar-refractivity contribution in [3.05, 3.63) is 35.9 Å². The molecule has 2 fully saturated rings. The summed E-state index contributed by atoms with van der Waals surface area (Å²) < 4.78 is 5.13. The number of hydrogen-bond donors (Lipinski definition) is 1. The van der Waals surface area contributed by atoms with Crippen LogP contribution in [-0.4, -0.2) is 68.3 Å². The van der Waals surface area contributed by atoms with Crippen LogP contribution in [0.2, 0.25) is 0 Å². The van der Waals surface area contributed by atoms with Gasteiger partial charge in [0.2, 0.25) is 0 Å². The number of methoxy groups -OCH3 is 1. The third-order valence-electron chi connectivity index (χ3n) is 5.07. The topological polar surface area (TPSA) is 44.8 Å². The molecule has 0 bridgehead atoms. The molecule has 1 atom stereocenters. The van der Waals surface area contributed by atoms with E-state index >= 15 is 0 Å². The van der Waals surface area contributed by atoms with Crippen molar-refractivity contribution in [3.63, 3.8) is 0 Å². The molecule has 2 amide bonds. The zero-order chi connectivity index (χ0) is 16.8. The maximum absolute atomic E-state index is 12.6. The fourth-order valence-corrected chi connectivity index (χ4v) is 3.35. The summed E-state index contributed by atoms with van der Waals surface area (Å²) in [5.74, 6) is 0.650. The van der Waals surface area contributed by atoms with Crippen LogP contribution in [-0.2, 0) is 11.2 Å². The van der Waals surface area contributed by atoms with Crippen molar-refractivity contribution in [1.82, 2.24) is 15.1 Å². The van der Waals surface area contributed by atoms with E-state index in [4.69, 9.17) is 4.74 Å². The number of piperazine rings is 1. The lowest BCUT2D eigenvalue weighted by Gasteiger charge is -2.35. The van der Waals surface area contributed by atoms with E-state index in [0.29, 0.717) is 5.92 Å². The van der Waals surface area contributed by atoms with E-state index in [9.17, 15) is 4.79 Å². The summed E-state index contributed by atoms with van der Waals surface area (Å²) in [7, 11) is 1.73. The Balaban J connectivity index is 1.48. The minimum atomic E-state index is 0.106. The Morgan fingerprint density at radius 3 is 2.54 bits per heavy atom. The van der Waals surface area contributed by atoms with Crippen molar-refractivity contribution in [3.8, 4) is 0 Å². The predicted molar refractivity (Wildman–Crippen MR) is 95.1 cm³/mol. The summed E-state index contributed by atoms with van der Waals surface area (Å²) in [5.41, 5.74) is 1.30. The van der Waals surface area contributed by atoms with Gasteiger partial charge in [-0.15, -0.1) is 0 Å². The van der Waals surface area contributed by atoms with Crippen LogP contribution in [0, 0.1) is 5.92 Å². The van der Waals surface area contributed by atoms with Crippen LogP contribution in [0.5, 0.6) is 0 Å². The molecule has 1 aromatic rings. The molecular weight excluding hydrogens is 302 g/mol. The molecule has 1 unspecified atom stereocenters. The molecule has 3 rings (SSSR count). The van der Waals surface area contributed by atoms with Gasteiger partial charge in [-0.25, -0.2) is 4.79 Å². The third-order valence-corrected chi connectivity index (χ3v) is 5.07. The van der Waals surface area contributed by atoms with E-state index in [1.165, 1.54) is 18.4 Å². The summed E-state index contributed by atoms with van der Waals surface area (Å²) in [6.45, 7) is 5.18. The summed E-state index contributed by atoms with van der Waals surface area (Å²) >= 11 is 0. The van der Waals surface area contributed by atoms with Gasteiger partial charge >= 0.3 is 6.03 Å². The Morgan fingerprint density at radius 1 is 1.21 bits per heavy atom. The molecule has 1 aliphatic carbocycles. The van der Waals surface area contributed by atoms with Crippen molar-refractivity contribution >= 4 is 6.03 Å². The molecule has 5 nitrogen and oxygen atoms in total. The number of nitrogens with one attached hydrogen (secondary N) is 1. The highest BCUT2D eigenvalue weighted by atomic mass is 16.5. The van der Waals surface area contributed by atoms with E-state index < -0.39 is 0 Å². The number of hydrogen-bond acceptors (Lipinski definition) is 3. The second-order valence-electron chi connectivity index (χ2n) is 6.90. The fraction of sp³-hybridized carbons (Fsp3) is 0.632. The number of carbonyl (C=O) groups excluding carboxylic acids is 1. The van der Waals surface area contributed by atoms with Crippen molar-refractivity contribution in [2.45, 2.75) is 25.3 Å². The molecule has 0 radical (unpaired) electrons. The van der Waals surface area contributed by atoms with Crippen LogP contribution < -0.4 is 5.32 Å². The molecule has 132 valence electrons. The van der Waals surface area contributed by atoms with Crippen molar-refractivity contribution in [2.75, 3.05) is 46.4 Å². The van der Waals surface area contributed by atoms with Crippen molar-refractivity contribution in [2.24, 2.45) is 5.92 Å². The maximum atomic E-state index is 12.6. The van der Waals surface area contributed by atoms with Crippen molar-refractivity contribution < 1.29 is 9.53 Å². The van der Waals surface area contributed by atoms with Crippen LogP contribution in [0.15, 0.2) is 30.3 Å². The molecular formula is C19H29N3O2. The standard InChI is InChI=1S/C19H29N3O2/c1-24-14-13-21-9-11-22(12-10-21)19(23)20-18(17-7-8-17)15-16-5-3-2-4-6-16/h2-6,17-18H,7-15H2,1H3,(H,20,23). The Morgan fingerprint density at radius 2 is 1.92 bits per heavy atom. The van der Waals surface area contributed by atoms with Crippen LogP contribution >= 0.6 is 0 Å². The number of urea groups is 1. The fourth-order valence-electron chi connectivity index (χ4n) is 3.35. The van der Waals surface area contributed by atoms with Gasteiger partial charge in [-0.05, 0) is 30.7 Å². The van der Waals surface area contributed by atoms with Gasteiger partial charge in [0, 0.05) is 45.9 Å². The smallest absolute Gasteiger partial charge is 0.317 e. The first-order chi connectivity index (χ1) is 11.8. The van der Waals surface area contributed by atoms with Crippen LogP contribution in [0.25, 0.3) is 0 Å². The molecule has 1 aromatic carbocycles. The molecule has 1 heterocycles. The first-order valence-corrected chi connectivity index (χ1v) is 9.07. The quantitative estimate of drug-likeness (QED) is 0.831. The second-order valence-corrected chi connectivity index (χ2v) is 6.90. The normalized spacial score (nSPS) is 20.0. The van der Waals surface area contributed by atoms with E-state index in [1.54, 1.807) is 7.11 Å². The predicted octanol–water partition coefficient (Wildman–Crippen LogP) is 1.98. The van der Waals surface area contributed by atoms with E-state index in [0.717, 1.165) is 45.8 Å². The summed E-state index contributed by atoms with van der Waals surface area (Å²) in [6, 6.07) is 10.9. The number of ether oxygens (including phenoxy) is 1. The molecule has 0 spiro atoms. The van der Waals surface area contributed by atoms with E-state index in [1.807, 2.05) is 11.0 Å². The highest BCUT2D eigenvalue weighted by Gasteiger charge is 2.33. The maximum Gasteiger partial charge on any atom is 0.317 e. The second kappa shape index (κ2) is 8.49. The largest absolute Gasteiger partial charge is 0.383 e. The molecule has 1 aliphatic heterocycles. The first kappa shape index (κ1) is 17.2. The number of carbonyl (C=O) groups is 1. The summed E-state index contributed by atoms with van der Waals surface area (Å²) in [4.78, 5) is 16.9. The number of nitrogens with zero attached hydrogens (tertiary/aromatic N) is 2. The van der Waals surface area contributed by atoms with Crippen LogP contribution in [0.3, 0.4) is 0 Å². The lowest BCUT2D eigenvalue weighted by atomic mass is 10.0. The third kappa shape index (κ3) is 4.95. The molecule has 0 aromatic heterocycles. The summed E-state index contributed by atoms with van der Waals surface area (Å²) in [5, 5.41) is 3.30. The first-order valence-electron chi connectivity index (χ1n) is 9.07. The van der Waals surface area contributed by atoms with Gasteiger partial charge in [-0.3, -0.25) is 4.90 Å². The molecule has 2 aliphatic rings. The number of benzene rings is 1. The van der Waals surface area contributed by atoms with E-state index in [2.05, 4.69) is 34.5 Å². The molecule has 1 saturated heterocycles. The molecule has 24 heavy (non-hydrogen) atoms. The van der Waals surface area contributed by atoms with Gasteiger partial charge in [0.25, 0.3) is 0 Å². The van der Waals surface area contributed by atoms with Gasteiger partial charge < -0.3 is 15.0 Å². The lowest BCUT2D eigenvalue weighted by molar-refractivity contribution is 0.105. The number of rotatable bonds is 7. The number of amides is 2. The molecule has 1 saturated carbocycles. The summed E-state index contributed by atoms with van der Waals surface area (Å²) in [6.07, 6.45) is 3.41. The van der Waals surface area contributed by atoms with Gasteiger partial charge in [0.1, 0.15) is 0 Å². The van der Waals surface area contributed by atoms with Gasteiger partial charge in [0.05, 0.1) is 6.61 Å². The monoisotopic (exact) mass is 331 g/mol. The van der Waals surface area contributed by atoms with Gasteiger partial charge in [-0.2, -0.15) is 0 Å². The van der Waals surface area contributed by atoms with Crippen LogP contribution in [0.1, 0.15) is 18.4 Å². The zero-order valence-electron chi connectivity index (χ0n) is 14.6. The van der Waals surface area contributed by atoms with Crippen LogP contribution in [0.4, 0.5) is 4.79 Å². The highest BCUT2D eigenvalue weighted by Crippen LogP contribution is 2.34. The van der Waals surface area contributed by atoms with Gasteiger partial charge in [-0.1, -0.05) is 30.3 Å². The minimum Gasteiger partial charge on any atom is -0.383 e.